The Morgan fingerprint density at radius 3 is 2.80 bits per heavy atom. The predicted molar refractivity (Wildman–Crippen MR) is 98.6 cm³/mol. The van der Waals surface area contributed by atoms with Gasteiger partial charge in [-0.25, -0.2) is 0 Å². The zero-order valence-corrected chi connectivity index (χ0v) is 14.1. The van der Waals surface area contributed by atoms with E-state index in [9.17, 15) is 4.79 Å². The lowest BCUT2D eigenvalue weighted by Gasteiger charge is -2.11. The summed E-state index contributed by atoms with van der Waals surface area (Å²) >= 11 is 0. The quantitative estimate of drug-likeness (QED) is 0.713. The Kier molecular flexibility index (Phi) is 4.95. The summed E-state index contributed by atoms with van der Waals surface area (Å²) in [5.74, 6) is 1.09. The van der Waals surface area contributed by atoms with E-state index in [0.29, 0.717) is 11.4 Å². The second-order valence-corrected chi connectivity index (χ2v) is 5.68. The van der Waals surface area contributed by atoms with Crippen molar-refractivity contribution in [1.82, 2.24) is 9.78 Å². The van der Waals surface area contributed by atoms with Gasteiger partial charge in [0.1, 0.15) is 5.75 Å². The fourth-order valence-electron chi connectivity index (χ4n) is 2.34. The highest BCUT2D eigenvalue weighted by molar-refractivity contribution is 6.02. The lowest BCUT2D eigenvalue weighted by atomic mass is 10.2. The molecule has 0 bridgehead atoms. The van der Waals surface area contributed by atoms with Crippen molar-refractivity contribution in [2.24, 2.45) is 7.05 Å². The van der Waals surface area contributed by atoms with Crippen molar-refractivity contribution in [3.63, 3.8) is 0 Å². The molecule has 1 aromatic heterocycles. The first kappa shape index (κ1) is 16.5. The Labute approximate surface area is 146 Å². The number of aromatic nitrogens is 2. The van der Waals surface area contributed by atoms with E-state index in [0.717, 1.165) is 16.9 Å². The van der Waals surface area contributed by atoms with Gasteiger partial charge in [-0.1, -0.05) is 24.3 Å². The highest BCUT2D eigenvalue weighted by Crippen LogP contribution is 2.29. The van der Waals surface area contributed by atoms with Gasteiger partial charge in [0.15, 0.2) is 5.75 Å². The average Bonchev–Trinajstić information content (AvgIpc) is 3.00. The summed E-state index contributed by atoms with van der Waals surface area (Å²) in [5, 5.41) is 6.90. The van der Waals surface area contributed by atoms with Crippen LogP contribution in [-0.2, 0) is 11.8 Å². The van der Waals surface area contributed by atoms with Crippen molar-refractivity contribution in [2.45, 2.75) is 6.92 Å². The van der Waals surface area contributed by atoms with E-state index in [1.54, 1.807) is 23.0 Å². The van der Waals surface area contributed by atoms with Crippen molar-refractivity contribution >= 4 is 17.7 Å². The molecule has 2 aromatic carbocycles. The highest BCUT2D eigenvalue weighted by atomic mass is 16.5. The minimum absolute atomic E-state index is 0.232. The van der Waals surface area contributed by atoms with Crippen LogP contribution in [0.3, 0.4) is 0 Å². The Balaban J connectivity index is 1.72. The number of para-hydroxylation sites is 2. The SMILES string of the molecule is Cc1cccc(Oc2ccccc2NC(=O)/C=C/c2cnn(C)c2)c1. The first-order valence-corrected chi connectivity index (χ1v) is 7.91. The molecular formula is C20H19N3O2. The van der Waals surface area contributed by atoms with Crippen LogP contribution in [0.15, 0.2) is 67.0 Å². The highest BCUT2D eigenvalue weighted by Gasteiger charge is 2.07. The number of carbonyl (C=O) groups excluding carboxylic acids is 1. The van der Waals surface area contributed by atoms with E-state index < -0.39 is 0 Å². The molecule has 3 aromatic rings. The van der Waals surface area contributed by atoms with Crippen LogP contribution in [0.4, 0.5) is 5.69 Å². The number of rotatable bonds is 5. The third-order valence-electron chi connectivity index (χ3n) is 3.51. The lowest BCUT2D eigenvalue weighted by Crippen LogP contribution is -2.08. The van der Waals surface area contributed by atoms with Crippen LogP contribution in [0.25, 0.3) is 6.08 Å². The molecule has 25 heavy (non-hydrogen) atoms. The molecule has 0 unspecified atom stereocenters. The fraction of sp³-hybridized carbons (Fsp3) is 0.100. The number of benzene rings is 2. The summed E-state index contributed by atoms with van der Waals surface area (Å²) in [6.07, 6.45) is 6.71. The van der Waals surface area contributed by atoms with Crippen molar-refractivity contribution in [3.8, 4) is 11.5 Å². The van der Waals surface area contributed by atoms with Gasteiger partial charge in [0.2, 0.25) is 5.91 Å². The zero-order valence-electron chi connectivity index (χ0n) is 14.1. The number of nitrogens with one attached hydrogen (secondary N) is 1. The molecule has 0 aliphatic heterocycles. The van der Waals surface area contributed by atoms with Gasteiger partial charge in [0.25, 0.3) is 0 Å². The van der Waals surface area contributed by atoms with E-state index in [1.807, 2.05) is 62.6 Å². The molecule has 0 atom stereocenters. The summed E-state index contributed by atoms with van der Waals surface area (Å²) in [4.78, 5) is 12.2. The van der Waals surface area contributed by atoms with Crippen molar-refractivity contribution in [3.05, 3.63) is 78.1 Å². The van der Waals surface area contributed by atoms with Crippen molar-refractivity contribution < 1.29 is 9.53 Å². The van der Waals surface area contributed by atoms with Crippen molar-refractivity contribution in [2.75, 3.05) is 5.32 Å². The minimum Gasteiger partial charge on any atom is -0.455 e. The smallest absolute Gasteiger partial charge is 0.248 e. The van der Waals surface area contributed by atoms with Gasteiger partial charge in [0.05, 0.1) is 11.9 Å². The fourth-order valence-corrected chi connectivity index (χ4v) is 2.34. The second kappa shape index (κ2) is 7.49. The monoisotopic (exact) mass is 333 g/mol. The molecule has 0 fully saturated rings. The van der Waals surface area contributed by atoms with Crippen LogP contribution in [0.1, 0.15) is 11.1 Å². The van der Waals surface area contributed by atoms with E-state index in [4.69, 9.17) is 4.74 Å². The van der Waals surface area contributed by atoms with E-state index in [2.05, 4.69) is 10.4 Å². The molecule has 3 rings (SSSR count). The Bertz CT molecular complexity index is 913. The maximum Gasteiger partial charge on any atom is 0.248 e. The normalized spacial score (nSPS) is 10.8. The van der Waals surface area contributed by atoms with Crippen LogP contribution in [-0.4, -0.2) is 15.7 Å². The predicted octanol–water partition coefficient (Wildman–Crippen LogP) is 4.17. The molecular weight excluding hydrogens is 314 g/mol. The maximum absolute atomic E-state index is 12.2. The molecule has 1 N–H and O–H groups in total. The van der Waals surface area contributed by atoms with Crippen molar-refractivity contribution in [1.29, 1.82) is 0 Å². The van der Waals surface area contributed by atoms with Gasteiger partial charge in [-0.2, -0.15) is 5.10 Å². The topological polar surface area (TPSA) is 56.1 Å². The number of nitrogens with zero attached hydrogens (tertiary/aromatic N) is 2. The third-order valence-corrected chi connectivity index (χ3v) is 3.51. The molecule has 126 valence electrons. The first-order chi connectivity index (χ1) is 12.1. The maximum atomic E-state index is 12.2. The van der Waals surface area contributed by atoms with Crippen LogP contribution >= 0.6 is 0 Å². The van der Waals surface area contributed by atoms with Crippen LogP contribution in [0, 0.1) is 6.92 Å². The van der Waals surface area contributed by atoms with Gasteiger partial charge in [-0.3, -0.25) is 9.48 Å². The molecule has 0 aliphatic rings. The number of ether oxygens (including phenoxy) is 1. The van der Waals surface area contributed by atoms with Crippen LogP contribution in [0.5, 0.6) is 11.5 Å². The van der Waals surface area contributed by atoms with E-state index in [1.165, 1.54) is 6.08 Å². The van der Waals surface area contributed by atoms with Gasteiger partial charge in [-0.15, -0.1) is 0 Å². The Hall–Kier alpha value is -3.34. The number of anilines is 1. The number of carbonyl (C=O) groups is 1. The molecule has 0 aliphatic carbocycles. The zero-order chi connectivity index (χ0) is 17.6. The molecule has 0 spiro atoms. The molecule has 5 heteroatoms. The van der Waals surface area contributed by atoms with E-state index in [-0.39, 0.29) is 5.91 Å². The number of hydrogen-bond acceptors (Lipinski definition) is 3. The Morgan fingerprint density at radius 2 is 2.04 bits per heavy atom. The molecule has 0 saturated heterocycles. The molecule has 1 heterocycles. The number of aryl methyl sites for hydroxylation is 2. The second-order valence-electron chi connectivity index (χ2n) is 5.68. The van der Waals surface area contributed by atoms with Gasteiger partial charge in [-0.05, 0) is 42.8 Å². The van der Waals surface area contributed by atoms with Gasteiger partial charge < -0.3 is 10.1 Å². The van der Waals surface area contributed by atoms with Gasteiger partial charge in [0, 0.05) is 24.9 Å². The summed E-state index contributed by atoms with van der Waals surface area (Å²) in [5.41, 5.74) is 2.59. The lowest BCUT2D eigenvalue weighted by molar-refractivity contribution is -0.111. The summed E-state index contributed by atoms with van der Waals surface area (Å²) in [6, 6.07) is 15.1. The molecule has 0 radical (unpaired) electrons. The molecule has 1 amide bonds. The van der Waals surface area contributed by atoms with E-state index >= 15 is 0 Å². The minimum atomic E-state index is -0.232. The largest absolute Gasteiger partial charge is 0.455 e. The number of amides is 1. The van der Waals surface area contributed by atoms with Crippen LogP contribution < -0.4 is 10.1 Å². The molecule has 5 nitrogen and oxygen atoms in total. The summed E-state index contributed by atoms with van der Waals surface area (Å²) < 4.78 is 7.59. The average molecular weight is 333 g/mol. The van der Waals surface area contributed by atoms with Crippen LogP contribution in [0.2, 0.25) is 0 Å². The summed E-state index contributed by atoms with van der Waals surface area (Å²) in [6.45, 7) is 2.00. The standard InChI is InChI=1S/C20H19N3O2/c1-15-6-5-7-17(12-15)25-19-9-4-3-8-18(19)22-20(24)11-10-16-13-21-23(2)14-16/h3-14H,1-2H3,(H,22,24)/b11-10+. The number of hydrogen-bond donors (Lipinski definition) is 1. The third kappa shape index (κ3) is 4.57. The first-order valence-electron chi connectivity index (χ1n) is 7.91. The molecule has 0 saturated carbocycles. The van der Waals surface area contributed by atoms with Gasteiger partial charge >= 0.3 is 0 Å². The summed E-state index contributed by atoms with van der Waals surface area (Å²) in [7, 11) is 1.83. The Morgan fingerprint density at radius 1 is 1.20 bits per heavy atom.